The van der Waals surface area contributed by atoms with E-state index in [1.165, 1.54) is 50.6 Å². The number of carbonyl (C=O) groups excluding carboxylic acids is 1. The number of ether oxygens (including phenoxy) is 2. The highest BCUT2D eigenvalue weighted by atomic mass is 35.5. The molecule has 1 unspecified atom stereocenters. The number of halogens is 2. The number of hydrogen-bond acceptors (Lipinski definition) is 5. The average Bonchev–Trinajstić information content (AvgIpc) is 2.84. The standard InChI is InChI=1S/C26H24ClFO5S/c1-4-17-9-12-19(28)15-22(17)26(34(30,31)20-13-10-18(27)11-14-20)23(16-29)25(33-3)21-7-5-6-8-24(21)32-2/h5-16,26H,4H2,1-3H3/b25-23-. The van der Waals surface area contributed by atoms with Gasteiger partial charge in [-0.3, -0.25) is 4.79 Å². The first-order valence-corrected chi connectivity index (χ1v) is 12.3. The molecule has 178 valence electrons. The van der Waals surface area contributed by atoms with Crippen LogP contribution in [0, 0.1) is 5.82 Å². The van der Waals surface area contributed by atoms with Crippen LogP contribution in [0.1, 0.15) is 28.9 Å². The molecule has 0 aliphatic carbocycles. The van der Waals surface area contributed by atoms with Crippen LogP contribution in [0.25, 0.3) is 5.76 Å². The number of aldehydes is 1. The van der Waals surface area contributed by atoms with E-state index in [2.05, 4.69) is 0 Å². The van der Waals surface area contributed by atoms with Crippen LogP contribution in [0.2, 0.25) is 5.02 Å². The first-order chi connectivity index (χ1) is 16.3. The molecule has 0 saturated carbocycles. The van der Waals surface area contributed by atoms with Crippen LogP contribution in [0.5, 0.6) is 5.75 Å². The Hall–Kier alpha value is -3.16. The number of hydrogen-bond donors (Lipinski definition) is 0. The van der Waals surface area contributed by atoms with Gasteiger partial charge in [0.2, 0.25) is 0 Å². The maximum atomic E-state index is 14.4. The Balaban J connectivity index is 2.43. The molecule has 0 fully saturated rings. The van der Waals surface area contributed by atoms with Crippen molar-refractivity contribution >= 4 is 33.5 Å². The van der Waals surface area contributed by atoms with Crippen LogP contribution >= 0.6 is 11.6 Å². The van der Waals surface area contributed by atoms with Crippen LogP contribution in [0.4, 0.5) is 4.39 Å². The molecule has 0 amide bonds. The summed E-state index contributed by atoms with van der Waals surface area (Å²) in [6, 6.07) is 16.3. The molecule has 3 rings (SSSR count). The Labute approximate surface area is 203 Å². The summed E-state index contributed by atoms with van der Waals surface area (Å²) >= 11 is 5.96. The van der Waals surface area contributed by atoms with Crippen molar-refractivity contribution in [3.63, 3.8) is 0 Å². The van der Waals surface area contributed by atoms with Crippen LogP contribution in [0.15, 0.2) is 77.2 Å². The van der Waals surface area contributed by atoms with Gasteiger partial charge in [-0.25, -0.2) is 12.8 Å². The van der Waals surface area contributed by atoms with E-state index in [1.807, 2.05) is 6.92 Å². The molecule has 0 radical (unpaired) electrons. The summed E-state index contributed by atoms with van der Waals surface area (Å²) in [7, 11) is -1.46. The van der Waals surface area contributed by atoms with Crippen molar-refractivity contribution in [2.24, 2.45) is 0 Å². The summed E-state index contributed by atoms with van der Waals surface area (Å²) in [6.07, 6.45) is 0.860. The van der Waals surface area contributed by atoms with Gasteiger partial charge in [-0.05, 0) is 66.1 Å². The van der Waals surface area contributed by atoms with E-state index in [0.717, 1.165) is 6.07 Å². The first kappa shape index (κ1) is 25.5. The van der Waals surface area contributed by atoms with E-state index in [1.54, 1.807) is 24.3 Å². The van der Waals surface area contributed by atoms with Crippen molar-refractivity contribution in [1.82, 2.24) is 0 Å². The zero-order chi connectivity index (χ0) is 24.9. The summed E-state index contributed by atoms with van der Waals surface area (Å²) in [5.41, 5.74) is 0.949. The fraction of sp³-hybridized carbons (Fsp3) is 0.192. The van der Waals surface area contributed by atoms with Crippen LogP contribution in [0.3, 0.4) is 0 Å². The van der Waals surface area contributed by atoms with Gasteiger partial charge in [0, 0.05) is 5.02 Å². The van der Waals surface area contributed by atoms with Crippen LogP contribution in [-0.2, 0) is 25.8 Å². The fourth-order valence-electron chi connectivity index (χ4n) is 3.84. The van der Waals surface area contributed by atoms with Crippen LogP contribution in [-0.4, -0.2) is 28.9 Å². The van der Waals surface area contributed by atoms with Gasteiger partial charge in [-0.15, -0.1) is 0 Å². The van der Waals surface area contributed by atoms with Crippen LogP contribution < -0.4 is 4.74 Å². The summed E-state index contributed by atoms with van der Waals surface area (Å²) in [5, 5.41) is -1.19. The van der Waals surface area contributed by atoms with Gasteiger partial charge in [0.05, 0.1) is 30.3 Å². The Morgan fingerprint density at radius 2 is 1.74 bits per heavy atom. The second-order valence-electron chi connectivity index (χ2n) is 7.38. The van der Waals surface area contributed by atoms with E-state index < -0.39 is 20.9 Å². The second-order valence-corrected chi connectivity index (χ2v) is 9.85. The third kappa shape index (κ3) is 5.00. The van der Waals surface area contributed by atoms with Crippen molar-refractivity contribution < 1.29 is 27.1 Å². The molecule has 0 spiro atoms. The zero-order valence-corrected chi connectivity index (χ0v) is 20.5. The van der Waals surface area contributed by atoms with Gasteiger partial charge < -0.3 is 9.47 Å². The molecule has 0 aliphatic rings. The molecule has 3 aromatic carbocycles. The Bertz CT molecular complexity index is 1320. The third-order valence-electron chi connectivity index (χ3n) is 5.45. The minimum atomic E-state index is -4.25. The number of sulfone groups is 1. The smallest absolute Gasteiger partial charge is 0.189 e. The number of methoxy groups -OCH3 is 2. The lowest BCUT2D eigenvalue weighted by atomic mass is 9.95. The minimum Gasteiger partial charge on any atom is -0.496 e. The molecule has 8 heteroatoms. The molecular formula is C26H24ClFO5S. The van der Waals surface area contributed by atoms with Crippen molar-refractivity contribution in [2.75, 3.05) is 14.2 Å². The summed E-state index contributed by atoms with van der Waals surface area (Å²) in [5.74, 6) is -0.220. The molecule has 0 aromatic heterocycles. The van der Waals surface area contributed by atoms with Gasteiger partial charge in [-0.2, -0.15) is 0 Å². The van der Waals surface area contributed by atoms with E-state index in [-0.39, 0.29) is 21.8 Å². The normalized spacial score (nSPS) is 13.1. The van der Waals surface area contributed by atoms with Gasteiger partial charge in [0.1, 0.15) is 22.6 Å². The quantitative estimate of drug-likeness (QED) is 0.209. The third-order valence-corrected chi connectivity index (χ3v) is 7.76. The number of para-hydroxylation sites is 1. The molecule has 34 heavy (non-hydrogen) atoms. The highest BCUT2D eigenvalue weighted by Crippen LogP contribution is 2.41. The molecule has 0 N–H and O–H groups in total. The predicted molar refractivity (Wildman–Crippen MR) is 130 cm³/mol. The lowest BCUT2D eigenvalue weighted by Crippen LogP contribution is -2.20. The first-order valence-electron chi connectivity index (χ1n) is 10.4. The lowest BCUT2D eigenvalue weighted by molar-refractivity contribution is -0.105. The van der Waals surface area contributed by atoms with Gasteiger partial charge in [-0.1, -0.05) is 36.7 Å². The van der Waals surface area contributed by atoms with Crippen molar-refractivity contribution in [2.45, 2.75) is 23.5 Å². The zero-order valence-electron chi connectivity index (χ0n) is 18.9. The Morgan fingerprint density at radius 3 is 2.32 bits per heavy atom. The molecule has 0 saturated heterocycles. The van der Waals surface area contributed by atoms with E-state index >= 15 is 0 Å². The summed E-state index contributed by atoms with van der Waals surface area (Å²) in [4.78, 5) is 12.5. The summed E-state index contributed by atoms with van der Waals surface area (Å²) < 4.78 is 53.4. The van der Waals surface area contributed by atoms with Gasteiger partial charge in [0.25, 0.3) is 0 Å². The highest BCUT2D eigenvalue weighted by Gasteiger charge is 2.37. The number of carbonyl (C=O) groups is 1. The maximum Gasteiger partial charge on any atom is 0.189 e. The molecule has 1 atom stereocenters. The van der Waals surface area contributed by atoms with E-state index in [0.29, 0.717) is 34.6 Å². The second kappa shape index (κ2) is 10.8. The predicted octanol–water partition coefficient (Wildman–Crippen LogP) is 5.82. The lowest BCUT2D eigenvalue weighted by Gasteiger charge is -2.24. The fourth-order valence-corrected chi connectivity index (χ4v) is 5.81. The van der Waals surface area contributed by atoms with Crippen molar-refractivity contribution in [3.05, 3.63) is 99.8 Å². The monoisotopic (exact) mass is 502 g/mol. The van der Waals surface area contributed by atoms with E-state index in [4.69, 9.17) is 21.1 Å². The summed E-state index contributed by atoms with van der Waals surface area (Å²) in [6.45, 7) is 1.82. The number of benzene rings is 3. The highest BCUT2D eigenvalue weighted by molar-refractivity contribution is 7.92. The Kier molecular flexibility index (Phi) is 8.12. The van der Waals surface area contributed by atoms with E-state index in [9.17, 15) is 17.6 Å². The topological polar surface area (TPSA) is 69.7 Å². The maximum absolute atomic E-state index is 14.4. The molecule has 5 nitrogen and oxygen atoms in total. The molecule has 0 aliphatic heterocycles. The molecule has 0 heterocycles. The number of rotatable bonds is 9. The minimum absolute atomic E-state index is 0.0151. The molecule has 3 aromatic rings. The van der Waals surface area contributed by atoms with Crippen molar-refractivity contribution in [1.29, 1.82) is 0 Å². The van der Waals surface area contributed by atoms with Crippen molar-refractivity contribution in [3.8, 4) is 5.75 Å². The molecular weight excluding hydrogens is 479 g/mol. The van der Waals surface area contributed by atoms with Gasteiger partial charge in [0.15, 0.2) is 16.1 Å². The average molecular weight is 503 g/mol. The van der Waals surface area contributed by atoms with Gasteiger partial charge >= 0.3 is 0 Å². The largest absolute Gasteiger partial charge is 0.496 e. The number of aryl methyl sites for hydroxylation is 1. The molecule has 0 bridgehead atoms. The Morgan fingerprint density at radius 1 is 1.06 bits per heavy atom. The SMILES string of the molecule is CCc1ccc(F)cc1C(/C(C=O)=C(\OC)c1ccccc1OC)S(=O)(=O)c1ccc(Cl)cc1.